The van der Waals surface area contributed by atoms with Crippen LogP contribution in [0.2, 0.25) is 0 Å². The number of hydrogen-bond donors (Lipinski definition) is 4. The SMILES string of the molecule is CCCN(CCC)C(=O)C1=CC(C(N)=O)=CC(C(N)=O)([C@H](CC(C)C)[C@@H](O)CNCc2ccccc2)C1. The molecule has 0 saturated carbocycles. The Morgan fingerprint density at radius 1 is 1.08 bits per heavy atom. The van der Waals surface area contributed by atoms with Crippen molar-refractivity contribution in [2.75, 3.05) is 19.6 Å². The molecule has 0 aromatic heterocycles. The Kier molecular flexibility index (Phi) is 11.5. The lowest BCUT2D eigenvalue weighted by Gasteiger charge is -2.42. The lowest BCUT2D eigenvalue weighted by molar-refractivity contribution is -0.132. The first-order valence-corrected chi connectivity index (χ1v) is 13.3. The molecule has 6 N–H and O–H groups in total. The molecule has 1 unspecified atom stereocenters. The summed E-state index contributed by atoms with van der Waals surface area (Å²) in [6.07, 6.45) is 4.05. The number of amides is 3. The summed E-state index contributed by atoms with van der Waals surface area (Å²) in [5.74, 6) is -2.17. The molecule has 0 spiro atoms. The average molecular weight is 513 g/mol. The van der Waals surface area contributed by atoms with Crippen molar-refractivity contribution in [3.8, 4) is 0 Å². The Morgan fingerprint density at radius 2 is 1.70 bits per heavy atom. The second-order valence-electron chi connectivity index (χ2n) is 10.4. The van der Waals surface area contributed by atoms with Gasteiger partial charge in [-0.05, 0) is 43.2 Å². The van der Waals surface area contributed by atoms with Crippen molar-refractivity contribution in [3.63, 3.8) is 0 Å². The summed E-state index contributed by atoms with van der Waals surface area (Å²) in [5, 5.41) is 14.7. The standard InChI is InChI=1S/C29H44N4O4/c1-5-12-33(13-6-2)27(36)23-15-22(26(30)35)16-29(17-23,28(31)37)24(14-20(3)4)25(34)19-32-18-21-10-8-7-9-11-21/h7-11,15-16,20,24-25,32,34H,5-6,12-14,17-19H2,1-4H3,(H2,30,35)(H2,31,37)/t24-,25+,29?/m1/s1. The molecule has 2 rings (SSSR count). The zero-order valence-electron chi connectivity index (χ0n) is 22.7. The highest BCUT2D eigenvalue weighted by Gasteiger charge is 2.49. The van der Waals surface area contributed by atoms with Crippen LogP contribution < -0.4 is 16.8 Å². The Labute approximate surface area is 221 Å². The molecule has 8 heteroatoms. The summed E-state index contributed by atoms with van der Waals surface area (Å²) in [6.45, 7) is 9.86. The molecule has 204 valence electrons. The molecule has 3 atom stereocenters. The van der Waals surface area contributed by atoms with E-state index in [1.54, 1.807) is 4.90 Å². The maximum atomic E-state index is 13.6. The van der Waals surface area contributed by atoms with Crippen molar-refractivity contribution in [3.05, 3.63) is 59.2 Å². The van der Waals surface area contributed by atoms with Crippen LogP contribution in [0.1, 0.15) is 58.9 Å². The maximum Gasteiger partial charge on any atom is 0.249 e. The number of nitrogens with zero attached hydrogens (tertiary/aromatic N) is 1. The number of nitrogens with one attached hydrogen (secondary N) is 1. The van der Waals surface area contributed by atoms with Gasteiger partial charge in [0.15, 0.2) is 0 Å². The summed E-state index contributed by atoms with van der Waals surface area (Å²) in [5.41, 5.74) is 11.7. The number of hydrogen-bond acceptors (Lipinski definition) is 5. The number of aliphatic hydroxyl groups excluding tert-OH is 1. The van der Waals surface area contributed by atoms with Crippen LogP contribution in [-0.2, 0) is 20.9 Å². The Hall–Kier alpha value is -2.97. The minimum Gasteiger partial charge on any atom is -0.391 e. The largest absolute Gasteiger partial charge is 0.391 e. The first-order chi connectivity index (χ1) is 17.5. The van der Waals surface area contributed by atoms with Gasteiger partial charge in [0.05, 0.1) is 11.5 Å². The first kappa shape index (κ1) is 30.3. The van der Waals surface area contributed by atoms with E-state index in [0.717, 1.165) is 18.4 Å². The molecule has 0 bridgehead atoms. The van der Waals surface area contributed by atoms with E-state index in [1.807, 2.05) is 58.0 Å². The number of carbonyl (C=O) groups is 3. The predicted molar refractivity (Wildman–Crippen MR) is 146 cm³/mol. The fraction of sp³-hybridized carbons (Fsp3) is 0.552. The molecule has 1 aliphatic carbocycles. The van der Waals surface area contributed by atoms with E-state index >= 15 is 0 Å². The molecule has 8 nitrogen and oxygen atoms in total. The number of nitrogens with two attached hydrogens (primary N) is 2. The van der Waals surface area contributed by atoms with Crippen molar-refractivity contribution in [1.82, 2.24) is 10.2 Å². The average Bonchev–Trinajstić information content (AvgIpc) is 2.86. The topological polar surface area (TPSA) is 139 Å². The van der Waals surface area contributed by atoms with E-state index in [-0.39, 0.29) is 30.4 Å². The molecular formula is C29H44N4O4. The summed E-state index contributed by atoms with van der Waals surface area (Å²) < 4.78 is 0. The molecule has 0 aliphatic heterocycles. The van der Waals surface area contributed by atoms with E-state index in [9.17, 15) is 19.5 Å². The van der Waals surface area contributed by atoms with Gasteiger partial charge in [-0.15, -0.1) is 0 Å². The number of aliphatic hydroxyl groups is 1. The number of rotatable bonds is 15. The molecule has 3 amide bonds. The monoisotopic (exact) mass is 512 g/mol. The second kappa shape index (κ2) is 14.1. The fourth-order valence-corrected chi connectivity index (χ4v) is 5.16. The number of primary amides is 2. The summed E-state index contributed by atoms with van der Waals surface area (Å²) in [6, 6.07) is 9.80. The third-order valence-corrected chi connectivity index (χ3v) is 6.89. The van der Waals surface area contributed by atoms with Gasteiger partial charge >= 0.3 is 0 Å². The van der Waals surface area contributed by atoms with E-state index in [0.29, 0.717) is 31.6 Å². The van der Waals surface area contributed by atoms with Gasteiger partial charge in [-0.1, -0.05) is 64.1 Å². The highest BCUT2D eigenvalue weighted by atomic mass is 16.3. The minimum atomic E-state index is -1.44. The minimum absolute atomic E-state index is 0.00894. The van der Waals surface area contributed by atoms with Crippen LogP contribution in [0.25, 0.3) is 0 Å². The van der Waals surface area contributed by atoms with Crippen molar-refractivity contribution in [2.45, 2.75) is 66.0 Å². The maximum absolute atomic E-state index is 13.6. The zero-order valence-corrected chi connectivity index (χ0v) is 22.7. The normalized spacial score (nSPS) is 19.1. The van der Waals surface area contributed by atoms with Gasteiger partial charge in [0.25, 0.3) is 0 Å². The second-order valence-corrected chi connectivity index (χ2v) is 10.4. The van der Waals surface area contributed by atoms with Crippen molar-refractivity contribution in [2.24, 2.45) is 28.7 Å². The smallest absolute Gasteiger partial charge is 0.249 e. The highest BCUT2D eigenvalue weighted by molar-refractivity contribution is 6.03. The van der Waals surface area contributed by atoms with Crippen molar-refractivity contribution < 1.29 is 19.5 Å². The van der Waals surface area contributed by atoms with Gasteiger partial charge in [0.2, 0.25) is 17.7 Å². The summed E-state index contributed by atoms with van der Waals surface area (Å²) in [7, 11) is 0. The van der Waals surface area contributed by atoms with E-state index in [1.165, 1.54) is 12.2 Å². The van der Waals surface area contributed by atoms with Crippen LogP contribution in [0.5, 0.6) is 0 Å². The molecule has 0 saturated heterocycles. The van der Waals surface area contributed by atoms with Crippen LogP contribution >= 0.6 is 0 Å². The van der Waals surface area contributed by atoms with Crippen LogP contribution in [0.3, 0.4) is 0 Å². The molecule has 1 aliphatic rings. The van der Waals surface area contributed by atoms with Crippen LogP contribution in [0.4, 0.5) is 0 Å². The van der Waals surface area contributed by atoms with Crippen molar-refractivity contribution >= 4 is 17.7 Å². The summed E-state index contributed by atoms with van der Waals surface area (Å²) >= 11 is 0. The molecule has 37 heavy (non-hydrogen) atoms. The molecule has 0 heterocycles. The molecule has 0 fully saturated rings. The fourth-order valence-electron chi connectivity index (χ4n) is 5.16. The van der Waals surface area contributed by atoms with Gasteiger partial charge in [0.1, 0.15) is 0 Å². The lowest BCUT2D eigenvalue weighted by atomic mass is 9.62. The molecular weight excluding hydrogens is 468 g/mol. The Balaban J connectivity index is 2.45. The van der Waals surface area contributed by atoms with E-state index < -0.39 is 29.3 Å². The van der Waals surface area contributed by atoms with Crippen molar-refractivity contribution in [1.29, 1.82) is 0 Å². The van der Waals surface area contributed by atoms with Crippen LogP contribution in [0.15, 0.2) is 53.6 Å². The van der Waals surface area contributed by atoms with Gasteiger partial charge in [-0.3, -0.25) is 14.4 Å². The van der Waals surface area contributed by atoms with E-state index in [4.69, 9.17) is 11.5 Å². The van der Waals surface area contributed by atoms with E-state index in [2.05, 4.69) is 5.32 Å². The van der Waals surface area contributed by atoms with Gasteiger partial charge in [-0.25, -0.2) is 0 Å². The molecule has 1 aromatic carbocycles. The molecule has 1 aromatic rings. The Morgan fingerprint density at radius 3 is 2.22 bits per heavy atom. The first-order valence-electron chi connectivity index (χ1n) is 13.3. The molecule has 0 radical (unpaired) electrons. The third kappa shape index (κ3) is 8.01. The number of benzene rings is 1. The quantitative estimate of drug-likeness (QED) is 0.286. The van der Waals surface area contributed by atoms with Gasteiger partial charge in [-0.2, -0.15) is 0 Å². The van der Waals surface area contributed by atoms with Gasteiger partial charge < -0.3 is 26.8 Å². The van der Waals surface area contributed by atoms with Crippen LogP contribution in [0, 0.1) is 17.3 Å². The third-order valence-electron chi connectivity index (χ3n) is 6.89. The Bertz CT molecular complexity index is 983. The summed E-state index contributed by atoms with van der Waals surface area (Å²) in [4.78, 5) is 40.8. The zero-order chi connectivity index (χ0) is 27.6. The lowest BCUT2D eigenvalue weighted by Crippen LogP contribution is -2.51. The van der Waals surface area contributed by atoms with Crippen LogP contribution in [-0.4, -0.2) is 53.5 Å². The predicted octanol–water partition coefficient (Wildman–Crippen LogP) is 2.66. The number of carbonyl (C=O) groups excluding carboxylic acids is 3. The van der Waals surface area contributed by atoms with Gasteiger partial charge in [0, 0.05) is 43.2 Å². The highest BCUT2D eigenvalue weighted by Crippen LogP contribution is 2.45.